The molecule has 0 aliphatic heterocycles. The molecule has 0 fully saturated rings. The normalized spacial score (nSPS) is 10.7. The van der Waals surface area contributed by atoms with Gasteiger partial charge in [-0.2, -0.15) is 5.10 Å². The number of hydrogen-bond acceptors (Lipinski definition) is 3. The van der Waals surface area contributed by atoms with Crippen LogP contribution >= 0.6 is 15.9 Å². The fourth-order valence-electron chi connectivity index (χ4n) is 1.95. The fraction of sp³-hybridized carbons (Fsp3) is 0. The summed E-state index contributed by atoms with van der Waals surface area (Å²) in [6, 6.07) is 10.7. The lowest BCUT2D eigenvalue weighted by Gasteiger charge is -2.07. The smallest absolute Gasteiger partial charge is 0.255 e. The molecule has 100 valence electrons. The molecule has 0 spiro atoms. The topological polar surface area (TPSA) is 83.8 Å². The minimum atomic E-state index is -0.216. The number of carbonyl (C=O) groups is 1. The molecule has 0 radical (unpaired) electrons. The Balaban J connectivity index is 1.92. The van der Waals surface area contributed by atoms with Crippen LogP contribution in [0.1, 0.15) is 10.4 Å². The summed E-state index contributed by atoms with van der Waals surface area (Å²) in [5, 5.41) is 10.6. The number of nitrogens with zero attached hydrogens (tertiary/aromatic N) is 1. The summed E-state index contributed by atoms with van der Waals surface area (Å²) in [6.07, 6.45) is 1.71. The number of carbonyl (C=O) groups excluding carboxylic acids is 1. The zero-order valence-corrected chi connectivity index (χ0v) is 11.9. The number of nitrogens with two attached hydrogens (primary N) is 1. The lowest BCUT2D eigenvalue weighted by atomic mass is 10.1. The van der Waals surface area contributed by atoms with E-state index in [0.29, 0.717) is 16.9 Å². The number of nitrogen functional groups attached to an aromatic ring is 1. The molecule has 0 saturated heterocycles. The number of aromatic nitrogens is 2. The van der Waals surface area contributed by atoms with Gasteiger partial charge in [0.05, 0.1) is 17.4 Å². The number of aromatic amines is 1. The maximum Gasteiger partial charge on any atom is 0.255 e. The van der Waals surface area contributed by atoms with Gasteiger partial charge in [0, 0.05) is 21.1 Å². The van der Waals surface area contributed by atoms with Crippen molar-refractivity contribution in [2.75, 3.05) is 11.1 Å². The molecule has 2 aromatic carbocycles. The van der Waals surface area contributed by atoms with Gasteiger partial charge in [0.2, 0.25) is 0 Å². The summed E-state index contributed by atoms with van der Waals surface area (Å²) < 4.78 is 0.768. The molecule has 0 aliphatic carbocycles. The Morgan fingerprint density at radius 2 is 2.15 bits per heavy atom. The first kappa shape index (κ1) is 12.7. The zero-order chi connectivity index (χ0) is 14.1. The van der Waals surface area contributed by atoms with Crippen LogP contribution in [0.5, 0.6) is 0 Å². The molecule has 5 nitrogen and oxygen atoms in total. The second-order valence-electron chi connectivity index (χ2n) is 4.33. The van der Waals surface area contributed by atoms with Crippen molar-refractivity contribution >= 4 is 44.1 Å². The molecule has 4 N–H and O–H groups in total. The molecule has 6 heteroatoms. The summed E-state index contributed by atoms with van der Waals surface area (Å²) in [5.41, 5.74) is 8.29. The number of H-pyrrole nitrogens is 1. The third-order valence-electron chi connectivity index (χ3n) is 2.98. The highest BCUT2D eigenvalue weighted by atomic mass is 79.9. The van der Waals surface area contributed by atoms with Gasteiger partial charge in [0.25, 0.3) is 5.91 Å². The van der Waals surface area contributed by atoms with Gasteiger partial charge in [0.1, 0.15) is 0 Å². The lowest BCUT2D eigenvalue weighted by molar-refractivity contribution is 0.102. The van der Waals surface area contributed by atoms with E-state index in [4.69, 9.17) is 5.73 Å². The lowest BCUT2D eigenvalue weighted by Crippen LogP contribution is -2.12. The average Bonchev–Trinajstić information content (AvgIpc) is 2.91. The predicted octanol–water partition coefficient (Wildman–Crippen LogP) is 3.16. The summed E-state index contributed by atoms with van der Waals surface area (Å²) in [7, 11) is 0. The largest absolute Gasteiger partial charge is 0.398 e. The zero-order valence-electron chi connectivity index (χ0n) is 10.4. The van der Waals surface area contributed by atoms with Gasteiger partial charge < -0.3 is 11.1 Å². The molecule has 0 saturated carbocycles. The third-order valence-corrected chi connectivity index (χ3v) is 3.71. The molecule has 3 rings (SSSR count). The Labute approximate surface area is 123 Å². The Hall–Kier alpha value is -2.34. The van der Waals surface area contributed by atoms with Crippen LogP contribution in [0.25, 0.3) is 10.9 Å². The molecule has 1 heterocycles. The maximum absolute atomic E-state index is 12.2. The summed E-state index contributed by atoms with van der Waals surface area (Å²) >= 11 is 3.30. The van der Waals surface area contributed by atoms with Gasteiger partial charge in [0.15, 0.2) is 0 Å². The van der Waals surface area contributed by atoms with E-state index in [2.05, 4.69) is 31.4 Å². The number of anilines is 2. The van der Waals surface area contributed by atoms with Crippen LogP contribution < -0.4 is 11.1 Å². The highest BCUT2D eigenvalue weighted by Crippen LogP contribution is 2.23. The van der Waals surface area contributed by atoms with Crippen molar-refractivity contribution in [3.63, 3.8) is 0 Å². The molecular formula is C14H11BrN4O. The number of para-hydroxylation sites is 1. The quantitative estimate of drug-likeness (QED) is 0.631. The number of rotatable bonds is 2. The predicted molar refractivity (Wildman–Crippen MR) is 82.6 cm³/mol. The number of fused-ring (bicyclic) bond motifs is 1. The van der Waals surface area contributed by atoms with E-state index in [1.165, 1.54) is 0 Å². The standard InChI is InChI=1S/C14H11BrN4O/c15-10-5-4-8(6-11(10)16)14(20)18-12-3-1-2-9-7-17-19-13(9)12/h1-7H,16H2,(H,17,19)(H,18,20). The monoisotopic (exact) mass is 330 g/mol. The first-order valence-electron chi connectivity index (χ1n) is 5.93. The third kappa shape index (κ3) is 2.25. The molecule has 3 aromatic rings. The van der Waals surface area contributed by atoms with Crippen molar-refractivity contribution in [3.05, 3.63) is 52.6 Å². The van der Waals surface area contributed by atoms with Crippen molar-refractivity contribution in [2.24, 2.45) is 0 Å². The van der Waals surface area contributed by atoms with E-state index in [1.807, 2.05) is 18.2 Å². The first-order valence-corrected chi connectivity index (χ1v) is 6.73. The van der Waals surface area contributed by atoms with Crippen LogP contribution in [-0.4, -0.2) is 16.1 Å². The molecule has 0 bridgehead atoms. The maximum atomic E-state index is 12.2. The Kier molecular flexibility index (Phi) is 3.15. The van der Waals surface area contributed by atoms with E-state index >= 15 is 0 Å². The van der Waals surface area contributed by atoms with Crippen LogP contribution in [-0.2, 0) is 0 Å². The molecule has 1 aromatic heterocycles. The van der Waals surface area contributed by atoms with Gasteiger partial charge in [-0.1, -0.05) is 12.1 Å². The van der Waals surface area contributed by atoms with E-state index in [0.717, 1.165) is 15.4 Å². The summed E-state index contributed by atoms with van der Waals surface area (Å²) in [4.78, 5) is 12.2. The van der Waals surface area contributed by atoms with Gasteiger partial charge in [-0.3, -0.25) is 9.89 Å². The van der Waals surface area contributed by atoms with Crippen LogP contribution in [0, 0.1) is 0 Å². The number of hydrogen-bond donors (Lipinski definition) is 3. The highest BCUT2D eigenvalue weighted by Gasteiger charge is 2.10. The average molecular weight is 331 g/mol. The molecule has 0 atom stereocenters. The van der Waals surface area contributed by atoms with Crippen LogP contribution in [0.4, 0.5) is 11.4 Å². The molecule has 0 aliphatic rings. The number of nitrogens with one attached hydrogen (secondary N) is 2. The van der Waals surface area contributed by atoms with Crippen molar-refractivity contribution in [2.45, 2.75) is 0 Å². The van der Waals surface area contributed by atoms with Gasteiger partial charge in [-0.25, -0.2) is 0 Å². The molecular weight excluding hydrogens is 320 g/mol. The fourth-order valence-corrected chi connectivity index (χ4v) is 2.20. The van der Waals surface area contributed by atoms with Crippen LogP contribution in [0.3, 0.4) is 0 Å². The van der Waals surface area contributed by atoms with Crippen LogP contribution in [0.15, 0.2) is 47.1 Å². The first-order chi connectivity index (χ1) is 9.65. The van der Waals surface area contributed by atoms with Gasteiger partial charge in [-0.15, -0.1) is 0 Å². The number of amides is 1. The van der Waals surface area contributed by atoms with E-state index in [9.17, 15) is 4.79 Å². The molecule has 0 unspecified atom stereocenters. The van der Waals surface area contributed by atoms with Gasteiger partial charge in [-0.05, 0) is 40.2 Å². The molecule has 20 heavy (non-hydrogen) atoms. The summed E-state index contributed by atoms with van der Waals surface area (Å²) in [5.74, 6) is -0.216. The SMILES string of the molecule is Nc1cc(C(=O)Nc2cccc3cn[nH]c23)ccc1Br. The Morgan fingerprint density at radius 3 is 2.95 bits per heavy atom. The van der Waals surface area contributed by atoms with Crippen LogP contribution in [0.2, 0.25) is 0 Å². The van der Waals surface area contributed by atoms with E-state index in [1.54, 1.807) is 24.4 Å². The van der Waals surface area contributed by atoms with Crippen molar-refractivity contribution in [1.29, 1.82) is 0 Å². The molecule has 1 amide bonds. The summed E-state index contributed by atoms with van der Waals surface area (Å²) in [6.45, 7) is 0. The van der Waals surface area contributed by atoms with E-state index < -0.39 is 0 Å². The van der Waals surface area contributed by atoms with E-state index in [-0.39, 0.29) is 5.91 Å². The van der Waals surface area contributed by atoms with Crippen molar-refractivity contribution in [3.8, 4) is 0 Å². The minimum Gasteiger partial charge on any atom is -0.398 e. The van der Waals surface area contributed by atoms with Crippen molar-refractivity contribution < 1.29 is 4.79 Å². The van der Waals surface area contributed by atoms with Gasteiger partial charge >= 0.3 is 0 Å². The second kappa shape index (κ2) is 4.97. The highest BCUT2D eigenvalue weighted by molar-refractivity contribution is 9.10. The Morgan fingerprint density at radius 1 is 1.30 bits per heavy atom. The van der Waals surface area contributed by atoms with Crippen molar-refractivity contribution in [1.82, 2.24) is 10.2 Å². The Bertz CT molecular complexity index is 797. The number of halogens is 1. The second-order valence-corrected chi connectivity index (χ2v) is 5.18. The minimum absolute atomic E-state index is 0.216. The number of benzene rings is 2.